The molecule has 0 saturated carbocycles. The molecule has 0 saturated heterocycles. The van der Waals surface area contributed by atoms with E-state index in [1.807, 2.05) is 6.92 Å². The van der Waals surface area contributed by atoms with E-state index in [0.717, 1.165) is 13.1 Å². The second-order valence-electron chi connectivity index (χ2n) is 2.98. The van der Waals surface area contributed by atoms with Gasteiger partial charge in [-0.25, -0.2) is 0 Å². The molecule has 0 radical (unpaired) electrons. The summed E-state index contributed by atoms with van der Waals surface area (Å²) in [5.41, 5.74) is 5.39. The Morgan fingerprint density at radius 1 is 1.43 bits per heavy atom. The Bertz CT molecular complexity index is 197. The van der Waals surface area contributed by atoms with E-state index in [-0.39, 0.29) is 5.97 Å². The number of rotatable bonds is 7. The van der Waals surface area contributed by atoms with Gasteiger partial charge in [-0.05, 0) is 6.54 Å². The summed E-state index contributed by atoms with van der Waals surface area (Å²) < 4.78 is 4.55. The summed E-state index contributed by atoms with van der Waals surface area (Å²) in [5, 5.41) is 0. The summed E-state index contributed by atoms with van der Waals surface area (Å²) in [4.78, 5) is 13.5. The zero-order chi connectivity index (χ0) is 11.0. The molecule has 0 atom stereocenters. The van der Waals surface area contributed by atoms with Gasteiger partial charge >= 0.3 is 5.97 Å². The molecule has 0 heterocycles. The summed E-state index contributed by atoms with van der Waals surface area (Å²) in [7, 11) is 1.40. The minimum Gasteiger partial charge on any atom is -0.469 e. The van der Waals surface area contributed by atoms with Crippen LogP contribution in [0.15, 0.2) is 0 Å². The van der Waals surface area contributed by atoms with Crippen LogP contribution in [0.4, 0.5) is 0 Å². The van der Waals surface area contributed by atoms with Crippen LogP contribution in [0.5, 0.6) is 0 Å². The second-order valence-corrected chi connectivity index (χ2v) is 3.50. The van der Waals surface area contributed by atoms with Crippen molar-refractivity contribution in [1.29, 1.82) is 0 Å². The zero-order valence-electron chi connectivity index (χ0n) is 8.78. The molecule has 0 aliphatic rings. The fourth-order valence-corrected chi connectivity index (χ4v) is 1.14. The first kappa shape index (κ1) is 13.3. The molecule has 0 aliphatic heterocycles. The van der Waals surface area contributed by atoms with Crippen LogP contribution in [0.1, 0.15) is 19.8 Å². The van der Waals surface area contributed by atoms with Gasteiger partial charge in [0.15, 0.2) is 0 Å². The third kappa shape index (κ3) is 6.80. The van der Waals surface area contributed by atoms with Crippen LogP contribution < -0.4 is 5.73 Å². The molecule has 0 spiro atoms. The van der Waals surface area contributed by atoms with Crippen molar-refractivity contribution in [3.8, 4) is 0 Å². The van der Waals surface area contributed by atoms with Gasteiger partial charge in [-0.15, -0.1) is 0 Å². The lowest BCUT2D eigenvalue weighted by Crippen LogP contribution is -2.29. The number of methoxy groups -OCH3 is 1. The van der Waals surface area contributed by atoms with E-state index >= 15 is 0 Å². The first-order valence-corrected chi connectivity index (χ1v) is 5.08. The highest BCUT2D eigenvalue weighted by molar-refractivity contribution is 7.80. The minimum atomic E-state index is -0.182. The molecule has 0 fully saturated rings. The van der Waals surface area contributed by atoms with Crippen LogP contribution >= 0.6 is 12.2 Å². The van der Waals surface area contributed by atoms with Gasteiger partial charge in [-0.1, -0.05) is 19.1 Å². The molecule has 0 aromatic heterocycles. The maximum atomic E-state index is 10.9. The Hall–Kier alpha value is -0.680. The van der Waals surface area contributed by atoms with Gasteiger partial charge in [-0.2, -0.15) is 0 Å². The van der Waals surface area contributed by atoms with E-state index in [2.05, 4.69) is 9.64 Å². The molecule has 0 aromatic rings. The Morgan fingerprint density at radius 3 is 2.43 bits per heavy atom. The number of esters is 1. The monoisotopic (exact) mass is 218 g/mol. The quantitative estimate of drug-likeness (QED) is 0.499. The number of hydrogen-bond acceptors (Lipinski definition) is 4. The van der Waals surface area contributed by atoms with Crippen molar-refractivity contribution in [2.75, 3.05) is 26.7 Å². The normalized spacial score (nSPS) is 10.2. The van der Waals surface area contributed by atoms with Crippen LogP contribution in [0.25, 0.3) is 0 Å². The molecule has 0 aromatic carbocycles. The Balaban J connectivity index is 3.68. The Labute approximate surface area is 90.4 Å². The lowest BCUT2D eigenvalue weighted by Gasteiger charge is -2.18. The van der Waals surface area contributed by atoms with Gasteiger partial charge in [0.05, 0.1) is 18.5 Å². The Morgan fingerprint density at radius 2 is 2.00 bits per heavy atom. The van der Waals surface area contributed by atoms with E-state index in [4.69, 9.17) is 18.0 Å². The lowest BCUT2D eigenvalue weighted by molar-refractivity contribution is -0.140. The summed E-state index contributed by atoms with van der Waals surface area (Å²) in [6.07, 6.45) is 1.12. The number of carbonyl (C=O) groups is 1. The van der Waals surface area contributed by atoms with Crippen molar-refractivity contribution in [2.24, 2.45) is 5.73 Å². The van der Waals surface area contributed by atoms with Crippen LogP contribution in [-0.4, -0.2) is 42.6 Å². The number of hydrogen-bond donors (Lipinski definition) is 1. The standard InChI is InChI=1S/C9H18N2O2S/c1-3-11(6-4-8(10)14)7-5-9(12)13-2/h3-7H2,1-2H3,(H2,10,14). The molecule has 0 bridgehead atoms. The van der Waals surface area contributed by atoms with Gasteiger partial charge in [0.25, 0.3) is 0 Å². The lowest BCUT2D eigenvalue weighted by atomic mass is 10.3. The number of thiocarbonyl (C=S) groups is 1. The smallest absolute Gasteiger partial charge is 0.306 e. The average molecular weight is 218 g/mol. The van der Waals surface area contributed by atoms with Crippen LogP contribution in [-0.2, 0) is 9.53 Å². The number of nitrogens with two attached hydrogens (primary N) is 1. The predicted octanol–water partition coefficient (Wildman–Crippen LogP) is 0.548. The van der Waals surface area contributed by atoms with Crippen molar-refractivity contribution in [3.63, 3.8) is 0 Å². The molecule has 14 heavy (non-hydrogen) atoms. The van der Waals surface area contributed by atoms with E-state index in [1.165, 1.54) is 7.11 Å². The fraction of sp³-hybridized carbons (Fsp3) is 0.778. The molecule has 0 amide bonds. The third-order valence-electron chi connectivity index (χ3n) is 1.98. The van der Waals surface area contributed by atoms with Crippen molar-refractivity contribution in [1.82, 2.24) is 4.90 Å². The highest BCUT2D eigenvalue weighted by Gasteiger charge is 2.06. The van der Waals surface area contributed by atoms with E-state index in [9.17, 15) is 4.79 Å². The van der Waals surface area contributed by atoms with Gasteiger partial charge in [-0.3, -0.25) is 4.79 Å². The van der Waals surface area contributed by atoms with Crippen LogP contribution in [0.2, 0.25) is 0 Å². The van der Waals surface area contributed by atoms with Crippen LogP contribution in [0, 0.1) is 0 Å². The van der Waals surface area contributed by atoms with E-state index in [0.29, 0.717) is 24.4 Å². The predicted molar refractivity (Wildman–Crippen MR) is 60.1 cm³/mol. The second kappa shape index (κ2) is 7.70. The van der Waals surface area contributed by atoms with E-state index in [1.54, 1.807) is 0 Å². The highest BCUT2D eigenvalue weighted by atomic mass is 32.1. The van der Waals surface area contributed by atoms with Crippen molar-refractivity contribution in [3.05, 3.63) is 0 Å². The molecule has 4 nitrogen and oxygen atoms in total. The van der Waals surface area contributed by atoms with Gasteiger partial charge in [0, 0.05) is 19.5 Å². The molecular formula is C9H18N2O2S. The largest absolute Gasteiger partial charge is 0.469 e. The maximum Gasteiger partial charge on any atom is 0.306 e. The molecule has 0 aliphatic carbocycles. The summed E-state index contributed by atoms with van der Waals surface area (Å²) in [5.74, 6) is -0.182. The SMILES string of the molecule is CCN(CCC(=O)OC)CCC(N)=S. The summed E-state index contributed by atoms with van der Waals surface area (Å²) >= 11 is 4.78. The number of carbonyl (C=O) groups excluding carboxylic acids is 1. The van der Waals surface area contributed by atoms with Crippen LogP contribution in [0.3, 0.4) is 0 Å². The molecule has 0 unspecified atom stereocenters. The zero-order valence-corrected chi connectivity index (χ0v) is 9.60. The molecule has 0 rings (SSSR count). The average Bonchev–Trinajstić information content (AvgIpc) is 2.17. The molecule has 5 heteroatoms. The topological polar surface area (TPSA) is 55.6 Å². The van der Waals surface area contributed by atoms with Crippen molar-refractivity contribution < 1.29 is 9.53 Å². The fourth-order valence-electron chi connectivity index (χ4n) is 1.05. The van der Waals surface area contributed by atoms with Crippen molar-refractivity contribution >= 4 is 23.2 Å². The molecular weight excluding hydrogens is 200 g/mol. The third-order valence-corrected chi connectivity index (χ3v) is 2.19. The van der Waals surface area contributed by atoms with Crippen molar-refractivity contribution in [2.45, 2.75) is 19.8 Å². The first-order valence-electron chi connectivity index (χ1n) is 4.67. The molecule has 2 N–H and O–H groups in total. The molecule has 82 valence electrons. The summed E-state index contributed by atoms with van der Waals surface area (Å²) in [6.45, 7) is 4.44. The van der Waals surface area contributed by atoms with Gasteiger partial charge in [0.1, 0.15) is 0 Å². The summed E-state index contributed by atoms with van der Waals surface area (Å²) in [6, 6.07) is 0. The van der Waals surface area contributed by atoms with Gasteiger partial charge in [0.2, 0.25) is 0 Å². The maximum absolute atomic E-state index is 10.9. The number of nitrogens with zero attached hydrogens (tertiary/aromatic N) is 1. The van der Waals surface area contributed by atoms with E-state index < -0.39 is 0 Å². The minimum absolute atomic E-state index is 0.182. The van der Waals surface area contributed by atoms with Gasteiger partial charge < -0.3 is 15.4 Å². The number of ether oxygens (including phenoxy) is 1. The Kier molecular flexibility index (Phi) is 7.32. The highest BCUT2D eigenvalue weighted by Crippen LogP contribution is 1.95. The first-order chi connectivity index (χ1) is 6.60.